The van der Waals surface area contributed by atoms with Crippen molar-refractivity contribution in [1.82, 2.24) is 5.32 Å². The smallest absolute Gasteiger partial charge is 0.0534 e. The molecule has 1 heterocycles. The van der Waals surface area contributed by atoms with Crippen molar-refractivity contribution in [3.05, 3.63) is 35.4 Å². The van der Waals surface area contributed by atoms with Crippen molar-refractivity contribution < 1.29 is 0 Å². The minimum Gasteiger partial charge on any atom is -0.362 e. The van der Waals surface area contributed by atoms with E-state index in [1.807, 2.05) is 7.05 Å². The number of hydrogen-bond donors (Lipinski definition) is 1. The van der Waals surface area contributed by atoms with Crippen LogP contribution in [0, 0.1) is 0 Å². The van der Waals surface area contributed by atoms with E-state index in [4.69, 9.17) is 0 Å². The summed E-state index contributed by atoms with van der Waals surface area (Å²) in [5, 5.41) is 3.23. The van der Waals surface area contributed by atoms with Gasteiger partial charge in [-0.1, -0.05) is 25.5 Å². The molecular formula is C18H28N2. The number of fused-ring (bicyclic) bond motifs is 1. The molecule has 2 rings (SSSR count). The Morgan fingerprint density at radius 1 is 1.25 bits per heavy atom. The molecule has 1 aliphatic heterocycles. The highest BCUT2D eigenvalue weighted by atomic mass is 15.2. The van der Waals surface area contributed by atoms with Crippen LogP contribution in [0.2, 0.25) is 0 Å². The number of nitrogens with one attached hydrogen (secondary N) is 1. The largest absolute Gasteiger partial charge is 0.362 e. The number of rotatable bonds is 5. The minimum atomic E-state index is 0.108. The van der Waals surface area contributed by atoms with Gasteiger partial charge in [0.15, 0.2) is 0 Å². The van der Waals surface area contributed by atoms with Gasteiger partial charge in [-0.2, -0.15) is 0 Å². The van der Waals surface area contributed by atoms with Crippen molar-refractivity contribution in [2.24, 2.45) is 0 Å². The molecule has 0 saturated heterocycles. The maximum Gasteiger partial charge on any atom is 0.0534 e. The molecule has 0 atom stereocenters. The number of anilines is 1. The summed E-state index contributed by atoms with van der Waals surface area (Å²) >= 11 is 0. The Labute approximate surface area is 123 Å². The van der Waals surface area contributed by atoms with E-state index in [2.05, 4.69) is 62.2 Å². The highest BCUT2D eigenvalue weighted by molar-refractivity contribution is 5.81. The van der Waals surface area contributed by atoms with Crippen LogP contribution in [-0.2, 0) is 6.54 Å². The fourth-order valence-electron chi connectivity index (χ4n) is 3.17. The lowest BCUT2D eigenvalue weighted by Crippen LogP contribution is -2.45. The van der Waals surface area contributed by atoms with E-state index in [1.165, 1.54) is 35.2 Å². The first-order chi connectivity index (χ1) is 9.49. The van der Waals surface area contributed by atoms with Crippen LogP contribution >= 0.6 is 0 Å². The zero-order chi connectivity index (χ0) is 14.8. The lowest BCUT2D eigenvalue weighted by Gasteiger charge is -2.43. The van der Waals surface area contributed by atoms with Gasteiger partial charge >= 0.3 is 0 Å². The lowest BCUT2D eigenvalue weighted by atomic mass is 9.87. The predicted molar refractivity (Wildman–Crippen MR) is 89.2 cm³/mol. The molecule has 1 aromatic carbocycles. The van der Waals surface area contributed by atoms with Gasteiger partial charge in [0.2, 0.25) is 0 Å². The van der Waals surface area contributed by atoms with Gasteiger partial charge < -0.3 is 10.2 Å². The molecule has 0 saturated carbocycles. The molecule has 110 valence electrons. The van der Waals surface area contributed by atoms with Crippen LogP contribution in [0.4, 0.5) is 5.69 Å². The Morgan fingerprint density at radius 3 is 2.65 bits per heavy atom. The van der Waals surface area contributed by atoms with Gasteiger partial charge in [0, 0.05) is 24.3 Å². The highest BCUT2D eigenvalue weighted by Gasteiger charge is 2.30. The standard InChI is InChI=1S/C18H28N2/c1-6-7-10-20-17-9-8-15(13-19-5)11-16(17)14(2)12-18(20,3)4/h8-9,11-12,19H,6-7,10,13H2,1-5H3. The van der Waals surface area contributed by atoms with E-state index in [0.29, 0.717) is 0 Å². The molecular weight excluding hydrogens is 244 g/mol. The molecule has 0 unspecified atom stereocenters. The monoisotopic (exact) mass is 272 g/mol. The lowest BCUT2D eigenvalue weighted by molar-refractivity contribution is 0.540. The number of nitrogens with zero attached hydrogens (tertiary/aromatic N) is 1. The highest BCUT2D eigenvalue weighted by Crippen LogP contribution is 2.39. The average Bonchev–Trinajstić information content (AvgIpc) is 2.38. The summed E-state index contributed by atoms with van der Waals surface area (Å²) in [5.74, 6) is 0. The van der Waals surface area contributed by atoms with Gasteiger partial charge in [-0.05, 0) is 57.5 Å². The number of benzene rings is 1. The van der Waals surface area contributed by atoms with Gasteiger partial charge in [0.25, 0.3) is 0 Å². The van der Waals surface area contributed by atoms with Crippen molar-refractivity contribution in [3.8, 4) is 0 Å². The molecule has 0 fully saturated rings. The summed E-state index contributed by atoms with van der Waals surface area (Å²) in [7, 11) is 2.00. The van der Waals surface area contributed by atoms with Crippen LogP contribution in [0.3, 0.4) is 0 Å². The zero-order valence-electron chi connectivity index (χ0n) is 13.6. The first-order valence-corrected chi connectivity index (χ1v) is 7.74. The van der Waals surface area contributed by atoms with Gasteiger partial charge in [-0.25, -0.2) is 0 Å². The topological polar surface area (TPSA) is 15.3 Å². The summed E-state index contributed by atoms with van der Waals surface area (Å²) < 4.78 is 0. The van der Waals surface area contributed by atoms with Gasteiger partial charge in [0.05, 0.1) is 5.54 Å². The summed E-state index contributed by atoms with van der Waals surface area (Å²) in [5.41, 5.74) is 5.65. The molecule has 2 nitrogen and oxygen atoms in total. The Hall–Kier alpha value is -1.28. The zero-order valence-corrected chi connectivity index (χ0v) is 13.6. The summed E-state index contributed by atoms with van der Waals surface area (Å²) in [6.45, 7) is 11.2. The fourth-order valence-corrected chi connectivity index (χ4v) is 3.17. The van der Waals surface area contributed by atoms with E-state index in [9.17, 15) is 0 Å². The van der Waals surface area contributed by atoms with Crippen molar-refractivity contribution in [1.29, 1.82) is 0 Å². The molecule has 0 radical (unpaired) electrons. The molecule has 2 heteroatoms. The maximum absolute atomic E-state index is 3.23. The van der Waals surface area contributed by atoms with Crippen LogP contribution in [0.5, 0.6) is 0 Å². The quantitative estimate of drug-likeness (QED) is 0.864. The summed E-state index contributed by atoms with van der Waals surface area (Å²) in [6, 6.07) is 6.89. The molecule has 0 spiro atoms. The molecule has 0 aliphatic carbocycles. The molecule has 20 heavy (non-hydrogen) atoms. The third-order valence-electron chi connectivity index (χ3n) is 4.16. The van der Waals surface area contributed by atoms with Crippen LogP contribution in [-0.4, -0.2) is 19.1 Å². The van der Waals surface area contributed by atoms with Gasteiger partial charge in [-0.15, -0.1) is 0 Å². The predicted octanol–water partition coefficient (Wildman–Crippen LogP) is 4.21. The Morgan fingerprint density at radius 2 is 2.00 bits per heavy atom. The van der Waals surface area contributed by atoms with E-state index in [1.54, 1.807) is 0 Å². The van der Waals surface area contributed by atoms with E-state index in [0.717, 1.165) is 13.1 Å². The molecule has 0 aromatic heterocycles. The molecule has 0 bridgehead atoms. The van der Waals surface area contributed by atoms with Crippen LogP contribution in [0.1, 0.15) is 51.7 Å². The Bertz CT molecular complexity index is 500. The third-order valence-corrected chi connectivity index (χ3v) is 4.16. The minimum absolute atomic E-state index is 0.108. The van der Waals surface area contributed by atoms with E-state index in [-0.39, 0.29) is 5.54 Å². The summed E-state index contributed by atoms with van der Waals surface area (Å²) in [4.78, 5) is 2.56. The second-order valence-corrected chi connectivity index (χ2v) is 6.37. The normalized spacial score (nSPS) is 16.9. The molecule has 0 amide bonds. The molecule has 1 aliphatic rings. The molecule has 1 N–H and O–H groups in total. The van der Waals surface area contributed by atoms with Gasteiger partial charge in [-0.3, -0.25) is 0 Å². The molecule has 1 aromatic rings. The van der Waals surface area contributed by atoms with E-state index >= 15 is 0 Å². The van der Waals surface area contributed by atoms with Crippen molar-refractivity contribution in [2.75, 3.05) is 18.5 Å². The average molecular weight is 272 g/mol. The van der Waals surface area contributed by atoms with Crippen LogP contribution in [0.25, 0.3) is 5.57 Å². The fraction of sp³-hybridized carbons (Fsp3) is 0.556. The van der Waals surface area contributed by atoms with Gasteiger partial charge in [0.1, 0.15) is 0 Å². The van der Waals surface area contributed by atoms with Crippen molar-refractivity contribution >= 4 is 11.3 Å². The van der Waals surface area contributed by atoms with Crippen molar-refractivity contribution in [2.45, 2.75) is 52.6 Å². The second-order valence-electron chi connectivity index (χ2n) is 6.37. The third kappa shape index (κ3) is 2.90. The SMILES string of the molecule is CCCCN1c2ccc(CNC)cc2C(C)=CC1(C)C. The maximum atomic E-state index is 3.23. The first kappa shape index (κ1) is 15.1. The second kappa shape index (κ2) is 6.01. The number of hydrogen-bond acceptors (Lipinski definition) is 2. The Balaban J connectivity index is 2.42. The van der Waals surface area contributed by atoms with Crippen LogP contribution < -0.4 is 10.2 Å². The number of unbranched alkanes of at least 4 members (excludes halogenated alkanes) is 1. The summed E-state index contributed by atoms with van der Waals surface area (Å²) in [6.07, 6.45) is 4.89. The van der Waals surface area contributed by atoms with Crippen LogP contribution in [0.15, 0.2) is 24.3 Å². The van der Waals surface area contributed by atoms with Crippen molar-refractivity contribution in [3.63, 3.8) is 0 Å². The first-order valence-electron chi connectivity index (χ1n) is 7.74. The van der Waals surface area contributed by atoms with E-state index < -0.39 is 0 Å². The number of allylic oxidation sites excluding steroid dienone is 1. The Kier molecular flexibility index (Phi) is 4.54.